The summed E-state index contributed by atoms with van der Waals surface area (Å²) in [5.74, 6) is -0.709. The van der Waals surface area contributed by atoms with Crippen molar-refractivity contribution in [2.75, 3.05) is 17.2 Å². The smallest absolute Gasteiger partial charge is 0.255 e. The van der Waals surface area contributed by atoms with Crippen LogP contribution in [-0.2, 0) is 4.79 Å². The van der Waals surface area contributed by atoms with Gasteiger partial charge in [0.15, 0.2) is 0 Å². The van der Waals surface area contributed by atoms with Gasteiger partial charge in [0, 0.05) is 29.3 Å². The lowest BCUT2D eigenvalue weighted by Crippen LogP contribution is -2.16. The highest BCUT2D eigenvalue weighted by atomic mass is 35.5. The standard InChI is InChI=1S/C21H17ClFN3O3/c22-18-12-15(23)4-5-19(18)29-11-8-20(27)25-16-2-1-3-17(13-16)26-21(28)14-6-9-24-10-7-14/h1-7,9-10,12-13H,8,11H2,(H,25,27)(H,26,28). The summed E-state index contributed by atoms with van der Waals surface area (Å²) in [5.41, 5.74) is 1.55. The van der Waals surface area contributed by atoms with Gasteiger partial charge in [0.2, 0.25) is 5.91 Å². The Morgan fingerprint density at radius 3 is 2.45 bits per heavy atom. The largest absolute Gasteiger partial charge is 0.491 e. The summed E-state index contributed by atoms with van der Waals surface area (Å²) in [7, 11) is 0. The summed E-state index contributed by atoms with van der Waals surface area (Å²) in [6.45, 7) is 0.0790. The SMILES string of the molecule is O=C(CCOc1ccc(F)cc1Cl)Nc1cccc(NC(=O)c2ccncc2)c1. The zero-order valence-corrected chi connectivity index (χ0v) is 15.9. The van der Waals surface area contributed by atoms with Gasteiger partial charge in [0.25, 0.3) is 5.91 Å². The van der Waals surface area contributed by atoms with E-state index in [9.17, 15) is 14.0 Å². The Balaban J connectivity index is 1.51. The maximum atomic E-state index is 13.0. The fourth-order valence-electron chi connectivity index (χ4n) is 2.45. The number of amides is 2. The van der Waals surface area contributed by atoms with E-state index in [1.165, 1.54) is 24.5 Å². The monoisotopic (exact) mass is 413 g/mol. The number of nitrogens with zero attached hydrogens (tertiary/aromatic N) is 1. The fraction of sp³-hybridized carbons (Fsp3) is 0.0952. The Bertz CT molecular complexity index is 1020. The molecule has 2 aromatic carbocycles. The van der Waals surface area contributed by atoms with Crippen molar-refractivity contribution in [3.63, 3.8) is 0 Å². The fourth-order valence-corrected chi connectivity index (χ4v) is 2.67. The predicted octanol–water partition coefficient (Wildman–Crippen LogP) is 4.53. The third kappa shape index (κ3) is 6.02. The normalized spacial score (nSPS) is 10.3. The van der Waals surface area contributed by atoms with Gasteiger partial charge in [-0.3, -0.25) is 14.6 Å². The lowest BCUT2D eigenvalue weighted by Gasteiger charge is -2.10. The molecule has 2 amide bonds. The molecular formula is C21H17ClFN3O3. The molecule has 0 aliphatic carbocycles. The van der Waals surface area contributed by atoms with Crippen LogP contribution in [0, 0.1) is 5.82 Å². The first-order chi connectivity index (χ1) is 14.0. The topological polar surface area (TPSA) is 80.3 Å². The number of rotatable bonds is 7. The minimum absolute atomic E-state index is 0.0707. The van der Waals surface area contributed by atoms with Crippen LogP contribution in [0.2, 0.25) is 5.02 Å². The molecule has 0 aliphatic rings. The average molecular weight is 414 g/mol. The van der Waals surface area contributed by atoms with Gasteiger partial charge in [-0.1, -0.05) is 17.7 Å². The number of carbonyl (C=O) groups is 2. The lowest BCUT2D eigenvalue weighted by molar-refractivity contribution is -0.116. The maximum Gasteiger partial charge on any atom is 0.255 e. The Morgan fingerprint density at radius 1 is 1.00 bits per heavy atom. The molecule has 0 fully saturated rings. The molecule has 1 heterocycles. The van der Waals surface area contributed by atoms with E-state index in [1.54, 1.807) is 36.4 Å². The number of halogens is 2. The molecule has 0 unspecified atom stereocenters. The molecule has 0 bridgehead atoms. The molecule has 0 saturated carbocycles. The van der Waals surface area contributed by atoms with Crippen LogP contribution in [0.5, 0.6) is 5.75 Å². The quantitative estimate of drug-likeness (QED) is 0.596. The van der Waals surface area contributed by atoms with Crippen molar-refractivity contribution in [3.8, 4) is 5.75 Å². The van der Waals surface area contributed by atoms with Crippen molar-refractivity contribution in [1.82, 2.24) is 4.98 Å². The van der Waals surface area contributed by atoms with Crippen molar-refractivity contribution in [1.29, 1.82) is 0 Å². The second kappa shape index (κ2) is 9.66. The van der Waals surface area contributed by atoms with Crippen LogP contribution in [0.4, 0.5) is 15.8 Å². The van der Waals surface area contributed by atoms with Crippen LogP contribution in [0.1, 0.15) is 16.8 Å². The van der Waals surface area contributed by atoms with E-state index in [0.717, 1.165) is 6.07 Å². The van der Waals surface area contributed by atoms with Crippen LogP contribution in [-0.4, -0.2) is 23.4 Å². The number of hydrogen-bond acceptors (Lipinski definition) is 4. The van der Waals surface area contributed by atoms with E-state index in [4.69, 9.17) is 16.3 Å². The first-order valence-corrected chi connectivity index (χ1v) is 9.08. The second-order valence-electron chi connectivity index (χ2n) is 5.99. The Hall–Kier alpha value is -3.45. The van der Waals surface area contributed by atoms with E-state index < -0.39 is 5.82 Å². The van der Waals surface area contributed by atoms with Gasteiger partial charge in [-0.25, -0.2) is 4.39 Å². The number of ether oxygens (including phenoxy) is 1. The van der Waals surface area contributed by atoms with Crippen molar-refractivity contribution in [2.45, 2.75) is 6.42 Å². The second-order valence-corrected chi connectivity index (χ2v) is 6.40. The third-order valence-electron chi connectivity index (χ3n) is 3.83. The summed E-state index contributed by atoms with van der Waals surface area (Å²) in [6, 6.07) is 13.8. The third-order valence-corrected chi connectivity index (χ3v) is 4.12. The first kappa shape index (κ1) is 20.3. The van der Waals surface area contributed by atoms with Gasteiger partial charge >= 0.3 is 0 Å². The zero-order chi connectivity index (χ0) is 20.6. The van der Waals surface area contributed by atoms with Crippen LogP contribution in [0.15, 0.2) is 67.0 Å². The van der Waals surface area contributed by atoms with Crippen molar-refractivity contribution in [3.05, 3.63) is 83.4 Å². The predicted molar refractivity (Wildman–Crippen MR) is 109 cm³/mol. The molecule has 3 aromatic rings. The lowest BCUT2D eigenvalue weighted by atomic mass is 10.2. The summed E-state index contributed by atoms with van der Waals surface area (Å²) < 4.78 is 18.4. The number of nitrogens with one attached hydrogen (secondary N) is 2. The average Bonchev–Trinajstić information content (AvgIpc) is 2.70. The van der Waals surface area contributed by atoms with E-state index in [2.05, 4.69) is 15.6 Å². The molecule has 0 spiro atoms. The number of hydrogen-bond donors (Lipinski definition) is 2. The van der Waals surface area contributed by atoms with Gasteiger partial charge in [-0.15, -0.1) is 0 Å². The van der Waals surface area contributed by atoms with Gasteiger partial charge < -0.3 is 15.4 Å². The molecule has 0 aliphatic heterocycles. The molecule has 148 valence electrons. The number of aromatic nitrogens is 1. The van der Waals surface area contributed by atoms with Gasteiger partial charge in [-0.2, -0.15) is 0 Å². The number of carbonyl (C=O) groups excluding carboxylic acids is 2. The van der Waals surface area contributed by atoms with Crippen LogP contribution >= 0.6 is 11.6 Å². The highest BCUT2D eigenvalue weighted by molar-refractivity contribution is 6.32. The van der Waals surface area contributed by atoms with Crippen molar-refractivity contribution < 1.29 is 18.7 Å². The van der Waals surface area contributed by atoms with Gasteiger partial charge in [0.05, 0.1) is 18.1 Å². The molecule has 0 atom stereocenters. The summed E-state index contributed by atoms with van der Waals surface area (Å²) in [5, 5.41) is 5.63. The molecular weight excluding hydrogens is 397 g/mol. The molecule has 0 saturated heterocycles. The molecule has 2 N–H and O–H groups in total. The minimum Gasteiger partial charge on any atom is -0.491 e. The van der Waals surface area contributed by atoms with Crippen molar-refractivity contribution in [2.24, 2.45) is 0 Å². The summed E-state index contributed by atoms with van der Waals surface area (Å²) in [6.07, 6.45) is 3.14. The molecule has 1 aromatic heterocycles. The number of benzene rings is 2. The number of anilines is 2. The van der Waals surface area contributed by atoms with E-state index in [-0.39, 0.29) is 29.9 Å². The highest BCUT2D eigenvalue weighted by Gasteiger charge is 2.08. The Kier molecular flexibility index (Phi) is 6.76. The van der Waals surface area contributed by atoms with Crippen LogP contribution < -0.4 is 15.4 Å². The zero-order valence-electron chi connectivity index (χ0n) is 15.2. The molecule has 6 nitrogen and oxygen atoms in total. The molecule has 8 heteroatoms. The van der Waals surface area contributed by atoms with Crippen LogP contribution in [0.25, 0.3) is 0 Å². The highest BCUT2D eigenvalue weighted by Crippen LogP contribution is 2.25. The van der Waals surface area contributed by atoms with Crippen molar-refractivity contribution >= 4 is 34.8 Å². The summed E-state index contributed by atoms with van der Waals surface area (Å²) in [4.78, 5) is 28.2. The minimum atomic E-state index is -0.462. The van der Waals surface area contributed by atoms with Gasteiger partial charge in [-0.05, 0) is 48.5 Å². The van der Waals surface area contributed by atoms with Gasteiger partial charge in [0.1, 0.15) is 11.6 Å². The number of pyridine rings is 1. The molecule has 29 heavy (non-hydrogen) atoms. The van der Waals surface area contributed by atoms with E-state index in [0.29, 0.717) is 22.7 Å². The van der Waals surface area contributed by atoms with E-state index >= 15 is 0 Å². The maximum absolute atomic E-state index is 13.0. The Labute approximate surface area is 171 Å². The van der Waals surface area contributed by atoms with E-state index in [1.807, 2.05) is 0 Å². The molecule has 0 radical (unpaired) electrons. The summed E-state index contributed by atoms with van der Waals surface area (Å²) >= 11 is 5.87. The first-order valence-electron chi connectivity index (χ1n) is 8.70. The molecule has 3 rings (SSSR count). The van der Waals surface area contributed by atoms with Crippen LogP contribution in [0.3, 0.4) is 0 Å². The Morgan fingerprint density at radius 2 is 1.72 bits per heavy atom.